The molecular weight excluding hydrogens is 503 g/mol. The lowest BCUT2D eigenvalue weighted by atomic mass is 9.80. The number of aliphatic imine (C=N–C) groups is 1. The van der Waals surface area contributed by atoms with E-state index in [1.807, 2.05) is 12.5 Å². The number of halogens is 1. The quantitative estimate of drug-likeness (QED) is 0.350. The Kier molecular flexibility index (Phi) is 9.46. The summed E-state index contributed by atoms with van der Waals surface area (Å²) in [5, 5.41) is 3.60. The molecule has 1 aliphatic carbocycles. The molecule has 1 aromatic rings. The maximum Gasteiger partial charge on any atom is 0.194 e. The molecule has 8 heteroatoms. The van der Waals surface area contributed by atoms with Crippen LogP contribution in [0.15, 0.2) is 23.7 Å². The molecule has 1 aromatic heterocycles. The maximum absolute atomic E-state index is 5.65. The van der Waals surface area contributed by atoms with Crippen molar-refractivity contribution in [3.05, 3.63) is 18.7 Å². The normalized spacial score (nSPS) is 27.5. The van der Waals surface area contributed by atoms with Crippen LogP contribution in [0.2, 0.25) is 0 Å². The molecular formula is C23H41IN6O. The highest BCUT2D eigenvalue weighted by atomic mass is 127. The van der Waals surface area contributed by atoms with Gasteiger partial charge in [0.15, 0.2) is 5.96 Å². The van der Waals surface area contributed by atoms with Gasteiger partial charge in [-0.2, -0.15) is 0 Å². The third-order valence-electron chi connectivity index (χ3n) is 7.45. The highest BCUT2D eigenvalue weighted by Gasteiger charge is 2.39. The number of nitrogens with zero attached hydrogens (tertiary/aromatic N) is 5. The summed E-state index contributed by atoms with van der Waals surface area (Å²) in [6, 6.07) is 0.452. The number of piperidine rings is 1. The summed E-state index contributed by atoms with van der Waals surface area (Å²) in [6.45, 7) is 12.2. The third kappa shape index (κ3) is 5.93. The lowest BCUT2D eigenvalue weighted by Crippen LogP contribution is -2.57. The molecule has 176 valence electrons. The van der Waals surface area contributed by atoms with E-state index in [4.69, 9.17) is 9.73 Å². The number of nitrogens with one attached hydrogen (secondary N) is 1. The zero-order chi connectivity index (χ0) is 20.8. The third-order valence-corrected chi connectivity index (χ3v) is 7.45. The summed E-state index contributed by atoms with van der Waals surface area (Å²) in [6.07, 6.45) is 13.7. The molecule has 2 atom stereocenters. The van der Waals surface area contributed by atoms with Gasteiger partial charge in [0.25, 0.3) is 0 Å². The van der Waals surface area contributed by atoms with E-state index in [0.717, 1.165) is 58.4 Å². The molecule has 7 nitrogen and oxygen atoms in total. The van der Waals surface area contributed by atoms with Crippen molar-refractivity contribution in [2.75, 3.05) is 52.5 Å². The second kappa shape index (κ2) is 11.8. The van der Waals surface area contributed by atoms with E-state index in [0.29, 0.717) is 12.0 Å². The van der Waals surface area contributed by atoms with Crippen LogP contribution >= 0.6 is 24.0 Å². The Bertz CT molecular complexity index is 670. The van der Waals surface area contributed by atoms with Crippen molar-refractivity contribution in [1.82, 2.24) is 24.7 Å². The molecule has 0 spiro atoms. The lowest BCUT2D eigenvalue weighted by molar-refractivity contribution is -0.0334. The molecule has 1 saturated carbocycles. The van der Waals surface area contributed by atoms with Gasteiger partial charge < -0.3 is 19.5 Å². The van der Waals surface area contributed by atoms with Crippen LogP contribution in [-0.4, -0.2) is 83.3 Å². The summed E-state index contributed by atoms with van der Waals surface area (Å²) in [5.41, 5.74) is 0.218. The number of guanidine groups is 1. The molecule has 4 rings (SSSR count). The van der Waals surface area contributed by atoms with E-state index in [9.17, 15) is 0 Å². The van der Waals surface area contributed by atoms with E-state index in [-0.39, 0.29) is 29.5 Å². The van der Waals surface area contributed by atoms with Crippen molar-refractivity contribution in [2.45, 2.75) is 64.0 Å². The van der Waals surface area contributed by atoms with Crippen molar-refractivity contribution in [3.63, 3.8) is 0 Å². The van der Waals surface area contributed by atoms with E-state index in [1.165, 1.54) is 38.5 Å². The second-order valence-corrected chi connectivity index (χ2v) is 9.34. The average Bonchev–Trinajstić information content (AvgIpc) is 3.33. The molecule has 2 unspecified atom stereocenters. The Morgan fingerprint density at radius 1 is 1.19 bits per heavy atom. The molecule has 3 aliphatic rings. The van der Waals surface area contributed by atoms with Crippen molar-refractivity contribution >= 4 is 29.9 Å². The van der Waals surface area contributed by atoms with Gasteiger partial charge in [-0.05, 0) is 32.1 Å². The zero-order valence-corrected chi connectivity index (χ0v) is 21.7. The van der Waals surface area contributed by atoms with Crippen molar-refractivity contribution in [1.29, 1.82) is 0 Å². The summed E-state index contributed by atoms with van der Waals surface area (Å²) < 4.78 is 7.92. The fraction of sp³-hybridized carbons (Fsp3) is 0.826. The molecule has 0 radical (unpaired) electrons. The Balaban J connectivity index is 0.00000272. The molecule has 3 fully saturated rings. The maximum atomic E-state index is 5.65. The van der Waals surface area contributed by atoms with Crippen LogP contribution in [0.4, 0.5) is 0 Å². The van der Waals surface area contributed by atoms with Crippen LogP contribution < -0.4 is 5.32 Å². The Morgan fingerprint density at radius 3 is 2.65 bits per heavy atom. The number of hydrogen-bond acceptors (Lipinski definition) is 4. The van der Waals surface area contributed by atoms with E-state index in [2.05, 4.69) is 44.7 Å². The number of hydrogen-bond donors (Lipinski definition) is 1. The van der Waals surface area contributed by atoms with Gasteiger partial charge in [0.1, 0.15) is 0 Å². The predicted octanol–water partition coefficient (Wildman–Crippen LogP) is 3.38. The van der Waals surface area contributed by atoms with Crippen LogP contribution in [0.3, 0.4) is 0 Å². The highest BCUT2D eigenvalue weighted by molar-refractivity contribution is 14.0. The summed E-state index contributed by atoms with van der Waals surface area (Å²) in [4.78, 5) is 14.7. The monoisotopic (exact) mass is 544 g/mol. The number of morpholine rings is 1. The molecule has 2 aliphatic heterocycles. The van der Waals surface area contributed by atoms with Gasteiger partial charge in [-0.15, -0.1) is 24.0 Å². The lowest BCUT2D eigenvalue weighted by Gasteiger charge is -2.47. The van der Waals surface area contributed by atoms with E-state index in [1.54, 1.807) is 0 Å². The first-order valence-corrected chi connectivity index (χ1v) is 12.1. The van der Waals surface area contributed by atoms with Crippen LogP contribution in [0.5, 0.6) is 0 Å². The van der Waals surface area contributed by atoms with Crippen LogP contribution in [0, 0.1) is 5.92 Å². The Labute approximate surface area is 205 Å². The van der Waals surface area contributed by atoms with Crippen LogP contribution in [-0.2, 0) is 4.74 Å². The van der Waals surface area contributed by atoms with Gasteiger partial charge in [-0.25, -0.2) is 4.98 Å². The van der Waals surface area contributed by atoms with Crippen molar-refractivity contribution in [2.24, 2.45) is 10.9 Å². The first kappa shape index (κ1) is 24.8. The summed E-state index contributed by atoms with van der Waals surface area (Å²) >= 11 is 0. The summed E-state index contributed by atoms with van der Waals surface area (Å²) in [5.74, 6) is 1.74. The predicted molar refractivity (Wildman–Crippen MR) is 136 cm³/mol. The topological polar surface area (TPSA) is 57.9 Å². The minimum Gasteiger partial charge on any atom is -0.379 e. The van der Waals surface area contributed by atoms with Gasteiger partial charge in [0.2, 0.25) is 0 Å². The van der Waals surface area contributed by atoms with Gasteiger partial charge >= 0.3 is 0 Å². The number of ether oxygens (including phenoxy) is 1. The molecule has 2 saturated heterocycles. The fourth-order valence-electron chi connectivity index (χ4n) is 5.56. The van der Waals surface area contributed by atoms with E-state index >= 15 is 0 Å². The van der Waals surface area contributed by atoms with Gasteiger partial charge in [0, 0.05) is 50.7 Å². The second-order valence-electron chi connectivity index (χ2n) is 9.34. The van der Waals surface area contributed by atoms with E-state index < -0.39 is 0 Å². The molecule has 31 heavy (non-hydrogen) atoms. The minimum atomic E-state index is 0. The minimum absolute atomic E-state index is 0. The average molecular weight is 545 g/mol. The number of imidazole rings is 1. The molecule has 3 heterocycles. The number of likely N-dealkylation sites (tertiary alicyclic amines) is 1. The molecule has 0 amide bonds. The van der Waals surface area contributed by atoms with Gasteiger partial charge in [-0.1, -0.05) is 26.2 Å². The zero-order valence-electron chi connectivity index (χ0n) is 19.3. The standard InChI is InChI=1S/C23H40N6O.HI/c1-3-25-22(27-11-7-20(2)21(17-27)28-12-10-24-19-28)26-18-23(8-5-4-6-9-23)29-13-15-30-16-14-29;/h10,12,19-21H,3-9,11,13-18H2,1-2H3,(H,25,26);1H. The van der Waals surface area contributed by atoms with Crippen LogP contribution in [0.1, 0.15) is 58.4 Å². The molecule has 0 aromatic carbocycles. The number of aromatic nitrogens is 2. The fourth-order valence-corrected chi connectivity index (χ4v) is 5.56. The highest BCUT2D eigenvalue weighted by Crippen LogP contribution is 2.35. The van der Waals surface area contributed by atoms with Crippen molar-refractivity contribution < 1.29 is 4.74 Å². The first-order valence-electron chi connectivity index (χ1n) is 12.1. The van der Waals surface area contributed by atoms with Gasteiger partial charge in [0.05, 0.1) is 32.1 Å². The smallest absolute Gasteiger partial charge is 0.194 e. The Hall–Kier alpha value is -0.870. The SMILES string of the molecule is CCNC(=NCC1(N2CCOCC2)CCCCC1)N1CCC(C)C(n2ccnc2)C1.I. The summed E-state index contributed by atoms with van der Waals surface area (Å²) in [7, 11) is 0. The van der Waals surface area contributed by atoms with Crippen LogP contribution in [0.25, 0.3) is 0 Å². The van der Waals surface area contributed by atoms with Gasteiger partial charge in [-0.3, -0.25) is 9.89 Å². The number of rotatable bonds is 5. The van der Waals surface area contributed by atoms with Crippen molar-refractivity contribution in [3.8, 4) is 0 Å². The largest absolute Gasteiger partial charge is 0.379 e. The Morgan fingerprint density at radius 2 is 1.97 bits per heavy atom. The molecule has 0 bridgehead atoms. The molecule has 1 N–H and O–H groups in total. The first-order chi connectivity index (χ1) is 14.7.